The molecule has 3 atom stereocenters. The lowest BCUT2D eigenvalue weighted by Crippen LogP contribution is -2.54. The number of allylic oxidation sites excluding steroid dienone is 2. The van der Waals surface area contributed by atoms with Crippen molar-refractivity contribution in [1.29, 1.82) is 0 Å². The Morgan fingerprint density at radius 2 is 1.80 bits per heavy atom. The lowest BCUT2D eigenvalue weighted by atomic mass is 10.0. The van der Waals surface area contributed by atoms with Gasteiger partial charge in [-0.15, -0.1) is 0 Å². The fourth-order valence-corrected chi connectivity index (χ4v) is 5.15. The summed E-state index contributed by atoms with van der Waals surface area (Å²) in [6.45, 7) is 5.31. The number of hydrogen-bond acceptors (Lipinski definition) is 7. The zero-order chi connectivity index (χ0) is 33.1. The molecule has 0 saturated heterocycles. The summed E-state index contributed by atoms with van der Waals surface area (Å²) in [7, 11) is 2.84. The second kappa shape index (κ2) is 16.7. The minimum atomic E-state index is -1.17. The van der Waals surface area contributed by atoms with Crippen LogP contribution in [0.4, 0.5) is 0 Å². The van der Waals surface area contributed by atoms with Crippen LogP contribution in [-0.4, -0.2) is 66.0 Å². The van der Waals surface area contributed by atoms with E-state index in [0.717, 1.165) is 5.57 Å². The van der Waals surface area contributed by atoms with Gasteiger partial charge >= 0.3 is 5.97 Å². The van der Waals surface area contributed by atoms with E-state index in [0.29, 0.717) is 36.8 Å². The van der Waals surface area contributed by atoms with Gasteiger partial charge in [-0.1, -0.05) is 59.6 Å². The summed E-state index contributed by atoms with van der Waals surface area (Å²) in [6, 6.07) is 11.2. The van der Waals surface area contributed by atoms with Crippen LogP contribution in [-0.2, 0) is 35.1 Å². The number of hydrogen-bond donors (Lipinski definition) is 3. The molecule has 242 valence electrons. The van der Waals surface area contributed by atoms with Crippen LogP contribution in [0.5, 0.6) is 5.75 Å². The number of halogens is 1. The average molecular weight is 640 g/mol. The quantitative estimate of drug-likeness (QED) is 0.188. The van der Waals surface area contributed by atoms with E-state index < -0.39 is 36.0 Å². The highest BCUT2D eigenvalue weighted by Gasteiger charge is 2.33. The number of likely N-dealkylation sites (N-methyl/N-ethyl adjacent to an activating group) is 1. The zero-order valence-electron chi connectivity index (χ0n) is 26.4. The number of cyclic esters (lactones) is 1. The normalized spacial score (nSPS) is 22.6. The minimum absolute atomic E-state index is 0.0218. The van der Waals surface area contributed by atoms with Gasteiger partial charge in [-0.2, -0.15) is 0 Å². The summed E-state index contributed by atoms with van der Waals surface area (Å²) < 4.78 is 11.4. The topological polar surface area (TPSA) is 134 Å². The summed E-state index contributed by atoms with van der Waals surface area (Å²) >= 11 is 6.14. The molecule has 0 aromatic heterocycles. The molecule has 3 rings (SSSR count). The molecule has 10 nitrogen and oxygen atoms in total. The van der Waals surface area contributed by atoms with Crippen molar-refractivity contribution in [3.05, 3.63) is 82.0 Å². The summed E-state index contributed by atoms with van der Waals surface area (Å²) in [5, 5.41) is 15.4. The maximum absolute atomic E-state index is 14.1. The van der Waals surface area contributed by atoms with E-state index >= 15 is 0 Å². The standard InChI is InChI=1S/C34H42ClN3O7/c1-21-11-9-10-14-29(40)36-23(3)33(42)38(4)27(20-24-17-18-28(39)26(35)19-24)32(41)37-30(34(43)45-22(2)16-15-21)31(44-5)25-12-7-6-8-13-25/h6-8,11-13,17-19,22-23,27,39H,9-10,14-16,20H2,1-5H3,(H,36,40)(H,37,41). The van der Waals surface area contributed by atoms with Crippen molar-refractivity contribution < 1.29 is 33.8 Å². The maximum Gasteiger partial charge on any atom is 0.359 e. The number of phenols is 1. The van der Waals surface area contributed by atoms with Gasteiger partial charge in [0.2, 0.25) is 17.7 Å². The van der Waals surface area contributed by atoms with Crippen molar-refractivity contribution in [3.8, 4) is 5.75 Å². The van der Waals surface area contributed by atoms with Gasteiger partial charge in [-0.25, -0.2) is 4.79 Å². The summed E-state index contributed by atoms with van der Waals surface area (Å²) in [5.41, 5.74) is 1.96. The molecular weight excluding hydrogens is 598 g/mol. The van der Waals surface area contributed by atoms with Crippen LogP contribution in [0.15, 0.2) is 65.9 Å². The SMILES string of the molecule is COC(=C1NC(=O)C(Cc2ccc(O)c(Cl)c2)N(C)C(=O)C(C)NC(=O)CCCC=C(C)CCC(C)OC1=O)c1ccccc1. The number of nitrogens with zero attached hydrogens (tertiary/aromatic N) is 1. The Balaban J connectivity index is 2.09. The lowest BCUT2D eigenvalue weighted by Gasteiger charge is -2.30. The van der Waals surface area contributed by atoms with Gasteiger partial charge in [0.1, 0.15) is 17.8 Å². The molecule has 1 heterocycles. The molecule has 45 heavy (non-hydrogen) atoms. The van der Waals surface area contributed by atoms with E-state index in [1.807, 2.05) is 13.0 Å². The predicted molar refractivity (Wildman–Crippen MR) is 172 cm³/mol. The molecule has 3 amide bonds. The Morgan fingerprint density at radius 3 is 2.47 bits per heavy atom. The molecule has 0 spiro atoms. The molecule has 0 aliphatic carbocycles. The maximum atomic E-state index is 14.1. The molecule has 0 bridgehead atoms. The number of carbonyl (C=O) groups is 4. The Kier molecular flexibility index (Phi) is 13.0. The monoisotopic (exact) mass is 639 g/mol. The zero-order valence-corrected chi connectivity index (χ0v) is 27.1. The first-order chi connectivity index (χ1) is 21.4. The van der Waals surface area contributed by atoms with Crippen molar-refractivity contribution in [2.45, 2.75) is 77.5 Å². The number of benzene rings is 2. The van der Waals surface area contributed by atoms with Crippen LogP contribution in [0.25, 0.3) is 5.76 Å². The van der Waals surface area contributed by atoms with E-state index in [-0.39, 0.29) is 41.0 Å². The highest BCUT2D eigenvalue weighted by atomic mass is 35.5. The smallest absolute Gasteiger partial charge is 0.359 e. The third-order valence-electron chi connectivity index (χ3n) is 7.58. The summed E-state index contributed by atoms with van der Waals surface area (Å²) in [6.07, 6.45) is 4.29. The average Bonchev–Trinajstić information content (AvgIpc) is 3.01. The number of rotatable bonds is 4. The first-order valence-corrected chi connectivity index (χ1v) is 15.3. The van der Waals surface area contributed by atoms with Gasteiger partial charge in [0.25, 0.3) is 0 Å². The van der Waals surface area contributed by atoms with Crippen molar-refractivity contribution >= 4 is 41.1 Å². The fourth-order valence-electron chi connectivity index (χ4n) is 4.95. The van der Waals surface area contributed by atoms with Gasteiger partial charge in [-0.3, -0.25) is 14.4 Å². The van der Waals surface area contributed by atoms with Gasteiger partial charge in [-0.05, 0) is 64.2 Å². The number of phenolic OH excluding ortho intramolecular Hbond substituents is 1. The van der Waals surface area contributed by atoms with Crippen molar-refractivity contribution in [1.82, 2.24) is 15.5 Å². The highest BCUT2D eigenvalue weighted by Crippen LogP contribution is 2.26. The van der Waals surface area contributed by atoms with E-state index in [1.165, 1.54) is 31.2 Å². The highest BCUT2D eigenvalue weighted by molar-refractivity contribution is 6.32. The lowest BCUT2D eigenvalue weighted by molar-refractivity contribution is -0.146. The fraction of sp³-hybridized carbons (Fsp3) is 0.412. The molecule has 1 aliphatic heterocycles. The third kappa shape index (κ3) is 10.1. The molecular formula is C34H42ClN3O7. The number of ether oxygens (including phenoxy) is 2. The largest absolute Gasteiger partial charge is 0.506 e. The van der Waals surface area contributed by atoms with Crippen LogP contribution in [0.3, 0.4) is 0 Å². The third-order valence-corrected chi connectivity index (χ3v) is 7.88. The van der Waals surface area contributed by atoms with E-state index in [4.69, 9.17) is 21.1 Å². The second-order valence-corrected chi connectivity index (χ2v) is 11.6. The van der Waals surface area contributed by atoms with Crippen LogP contribution >= 0.6 is 11.6 Å². The predicted octanol–water partition coefficient (Wildman–Crippen LogP) is 4.89. The van der Waals surface area contributed by atoms with Crippen molar-refractivity contribution in [3.63, 3.8) is 0 Å². The number of esters is 1. The number of carbonyl (C=O) groups excluding carboxylic acids is 4. The Morgan fingerprint density at radius 1 is 1.09 bits per heavy atom. The molecule has 1 aliphatic rings. The van der Waals surface area contributed by atoms with Gasteiger partial charge in [0.05, 0.1) is 18.2 Å². The number of methoxy groups -OCH3 is 1. The van der Waals surface area contributed by atoms with Gasteiger partial charge in [0, 0.05) is 25.5 Å². The number of nitrogens with one attached hydrogen (secondary N) is 2. The summed E-state index contributed by atoms with van der Waals surface area (Å²) in [4.78, 5) is 55.2. The minimum Gasteiger partial charge on any atom is -0.506 e. The van der Waals surface area contributed by atoms with E-state index in [1.54, 1.807) is 44.2 Å². The molecule has 0 fully saturated rings. The first kappa shape index (κ1) is 35.2. The van der Waals surface area contributed by atoms with Crippen LogP contribution < -0.4 is 10.6 Å². The summed E-state index contributed by atoms with van der Waals surface area (Å²) in [5.74, 6) is -2.33. The molecule has 0 saturated carbocycles. The van der Waals surface area contributed by atoms with Crippen LogP contribution in [0, 0.1) is 0 Å². The van der Waals surface area contributed by atoms with Gasteiger partial charge < -0.3 is 30.1 Å². The Labute approximate surface area is 269 Å². The van der Waals surface area contributed by atoms with Crippen molar-refractivity contribution in [2.24, 2.45) is 0 Å². The molecule has 3 unspecified atom stereocenters. The Bertz CT molecular complexity index is 1440. The van der Waals surface area contributed by atoms with Crippen LogP contribution in [0.2, 0.25) is 5.02 Å². The molecule has 0 radical (unpaired) electrons. The van der Waals surface area contributed by atoms with Crippen LogP contribution in [0.1, 0.15) is 64.0 Å². The molecule has 2 aromatic rings. The number of amides is 3. The van der Waals surface area contributed by atoms with E-state index in [9.17, 15) is 24.3 Å². The number of aromatic hydroxyl groups is 1. The molecule has 2 aromatic carbocycles. The van der Waals surface area contributed by atoms with Gasteiger partial charge in [0.15, 0.2) is 11.5 Å². The molecule has 3 N–H and O–H groups in total. The van der Waals surface area contributed by atoms with Crippen molar-refractivity contribution in [2.75, 3.05) is 14.2 Å². The first-order valence-electron chi connectivity index (χ1n) is 15.0. The second-order valence-electron chi connectivity index (χ2n) is 11.2. The molecule has 11 heteroatoms. The van der Waals surface area contributed by atoms with E-state index in [2.05, 4.69) is 16.7 Å². The Hall–Kier alpha value is -4.31.